The monoisotopic (exact) mass is 607 g/mol. The Hall–Kier alpha value is -5.17. The second-order valence-electron chi connectivity index (χ2n) is 9.40. The van der Waals surface area contributed by atoms with Gasteiger partial charge in [0, 0.05) is 27.8 Å². The molecule has 1 amide bonds. The Kier molecular flexibility index (Phi) is 9.32. The Balaban J connectivity index is 1.19. The van der Waals surface area contributed by atoms with Crippen LogP contribution in [0, 0.1) is 18.3 Å². The molecule has 43 heavy (non-hydrogen) atoms. The number of hydrogen-bond donors (Lipinski definition) is 2. The number of thiazole rings is 1. The summed E-state index contributed by atoms with van der Waals surface area (Å²) in [6, 6.07) is 27.9. The minimum atomic E-state index is -0.364. The van der Waals surface area contributed by atoms with Crippen LogP contribution >= 0.6 is 22.9 Å². The van der Waals surface area contributed by atoms with Crippen LogP contribution in [-0.2, 0) is 6.61 Å². The molecule has 4 aromatic carbocycles. The van der Waals surface area contributed by atoms with Gasteiger partial charge in [-0.25, -0.2) is 10.4 Å². The number of amides is 1. The number of carbonyl (C=O) groups excluding carboxylic acids is 1. The smallest absolute Gasteiger partial charge is 0.271 e. The van der Waals surface area contributed by atoms with Gasteiger partial charge in [0.1, 0.15) is 6.61 Å². The maximum absolute atomic E-state index is 12.7. The minimum Gasteiger partial charge on any atom is -0.493 e. The molecular formula is C33H26ClN5O3S. The van der Waals surface area contributed by atoms with E-state index in [1.165, 1.54) is 30.2 Å². The van der Waals surface area contributed by atoms with Crippen LogP contribution in [0.15, 0.2) is 95.4 Å². The summed E-state index contributed by atoms with van der Waals surface area (Å²) in [5.74, 6) is 0.373. The molecule has 5 aromatic rings. The van der Waals surface area contributed by atoms with Crippen molar-refractivity contribution in [1.82, 2.24) is 10.4 Å². The van der Waals surface area contributed by atoms with Crippen LogP contribution < -0.4 is 20.2 Å². The van der Waals surface area contributed by atoms with E-state index >= 15 is 0 Å². The number of nitrogens with zero attached hydrogens (tertiary/aromatic N) is 3. The van der Waals surface area contributed by atoms with Gasteiger partial charge in [-0.05, 0) is 55.0 Å². The molecule has 0 aliphatic carbocycles. The summed E-state index contributed by atoms with van der Waals surface area (Å²) in [4.78, 5) is 17.3. The minimum absolute atomic E-state index is 0.149. The highest BCUT2D eigenvalue weighted by molar-refractivity contribution is 7.14. The van der Waals surface area contributed by atoms with E-state index in [1.807, 2.05) is 60.8 Å². The molecule has 0 radical (unpaired) electrons. The molecule has 0 aliphatic heterocycles. The molecule has 0 saturated carbocycles. The first-order valence-electron chi connectivity index (χ1n) is 13.1. The average Bonchev–Trinajstić information content (AvgIpc) is 3.50. The van der Waals surface area contributed by atoms with Crippen molar-refractivity contribution >= 4 is 45.9 Å². The standard InChI is InChI=1S/C33H26ClN5O3S/c1-21-7-13-27(14-8-21)37-33-38-29(20-43-33)23-9-11-24(12-10-23)32(40)39-36-18-22-15-28(34)31(30(16-22)41-2)42-19-26-6-4-3-5-25(26)17-35/h3-16,18,20H,19H2,1-2H3,(H,37,38)(H,39,40)/b36-18-. The number of halogens is 1. The molecular weight excluding hydrogens is 582 g/mol. The zero-order valence-corrected chi connectivity index (χ0v) is 24.9. The second kappa shape index (κ2) is 13.7. The molecule has 0 spiro atoms. The zero-order chi connectivity index (χ0) is 30.2. The van der Waals surface area contributed by atoms with Crippen LogP contribution in [0.4, 0.5) is 10.8 Å². The summed E-state index contributed by atoms with van der Waals surface area (Å²) in [5, 5.41) is 19.8. The second-order valence-corrected chi connectivity index (χ2v) is 10.7. The first-order chi connectivity index (χ1) is 20.9. The molecule has 0 unspecified atom stereocenters. The summed E-state index contributed by atoms with van der Waals surface area (Å²) in [6.07, 6.45) is 1.47. The summed E-state index contributed by atoms with van der Waals surface area (Å²) in [6.45, 7) is 2.20. The van der Waals surface area contributed by atoms with Crippen molar-refractivity contribution in [1.29, 1.82) is 5.26 Å². The molecule has 0 saturated heterocycles. The van der Waals surface area contributed by atoms with E-state index in [0.29, 0.717) is 33.2 Å². The topological polar surface area (TPSA) is 109 Å². The first kappa shape index (κ1) is 29.3. The molecule has 10 heteroatoms. The maximum Gasteiger partial charge on any atom is 0.271 e. The van der Waals surface area contributed by atoms with Gasteiger partial charge in [0.15, 0.2) is 16.6 Å². The average molecular weight is 608 g/mol. The molecule has 8 nitrogen and oxygen atoms in total. The molecule has 1 aromatic heterocycles. The number of aryl methyl sites for hydroxylation is 1. The molecule has 1 heterocycles. The number of carbonyl (C=O) groups is 1. The molecule has 0 atom stereocenters. The number of hydrazone groups is 1. The number of methoxy groups -OCH3 is 1. The highest BCUT2D eigenvalue weighted by Crippen LogP contribution is 2.37. The van der Waals surface area contributed by atoms with Gasteiger partial charge in [0.2, 0.25) is 0 Å². The van der Waals surface area contributed by atoms with Crippen LogP contribution in [-0.4, -0.2) is 24.2 Å². The van der Waals surface area contributed by atoms with E-state index in [-0.39, 0.29) is 12.5 Å². The molecule has 0 bridgehead atoms. The number of nitrogens with one attached hydrogen (secondary N) is 2. The highest BCUT2D eigenvalue weighted by Gasteiger charge is 2.13. The maximum atomic E-state index is 12.7. The van der Waals surface area contributed by atoms with E-state index in [2.05, 4.69) is 26.9 Å². The summed E-state index contributed by atoms with van der Waals surface area (Å²) < 4.78 is 11.3. The fourth-order valence-electron chi connectivity index (χ4n) is 4.11. The van der Waals surface area contributed by atoms with Crippen LogP contribution in [0.25, 0.3) is 11.3 Å². The van der Waals surface area contributed by atoms with Gasteiger partial charge in [-0.1, -0.05) is 59.6 Å². The zero-order valence-electron chi connectivity index (χ0n) is 23.3. The largest absolute Gasteiger partial charge is 0.493 e. The molecule has 5 rings (SSSR count). The molecule has 0 fully saturated rings. The Morgan fingerprint density at radius 1 is 1.09 bits per heavy atom. The van der Waals surface area contributed by atoms with Gasteiger partial charge < -0.3 is 14.8 Å². The van der Waals surface area contributed by atoms with Crippen LogP contribution in [0.2, 0.25) is 5.02 Å². The van der Waals surface area contributed by atoms with Gasteiger partial charge >= 0.3 is 0 Å². The predicted molar refractivity (Wildman–Crippen MR) is 171 cm³/mol. The third-order valence-corrected chi connectivity index (χ3v) is 7.43. The van der Waals surface area contributed by atoms with Crippen LogP contribution in [0.3, 0.4) is 0 Å². The van der Waals surface area contributed by atoms with E-state index in [0.717, 1.165) is 27.6 Å². The number of aromatic nitrogens is 1. The van der Waals surface area contributed by atoms with E-state index in [9.17, 15) is 10.1 Å². The summed E-state index contributed by atoms with van der Waals surface area (Å²) >= 11 is 7.99. The Bertz CT molecular complexity index is 1810. The predicted octanol–water partition coefficient (Wildman–Crippen LogP) is 7.74. The van der Waals surface area contributed by atoms with Crippen molar-refractivity contribution in [3.63, 3.8) is 0 Å². The molecule has 2 N–H and O–H groups in total. The Morgan fingerprint density at radius 3 is 2.60 bits per heavy atom. The van der Waals surface area contributed by atoms with Gasteiger partial charge in [-0.3, -0.25) is 4.79 Å². The van der Waals surface area contributed by atoms with Crippen molar-refractivity contribution in [3.05, 3.63) is 123 Å². The summed E-state index contributed by atoms with van der Waals surface area (Å²) in [7, 11) is 1.50. The normalized spacial score (nSPS) is 10.7. The van der Waals surface area contributed by atoms with Crippen LogP contribution in [0.1, 0.15) is 32.6 Å². The van der Waals surface area contributed by atoms with Gasteiger partial charge in [0.05, 0.1) is 35.7 Å². The van der Waals surface area contributed by atoms with Crippen LogP contribution in [0.5, 0.6) is 11.5 Å². The van der Waals surface area contributed by atoms with Crippen molar-refractivity contribution in [2.45, 2.75) is 13.5 Å². The van der Waals surface area contributed by atoms with Gasteiger partial charge in [-0.2, -0.15) is 10.4 Å². The van der Waals surface area contributed by atoms with E-state index in [4.69, 9.17) is 21.1 Å². The number of benzene rings is 4. The molecule has 214 valence electrons. The lowest BCUT2D eigenvalue weighted by Crippen LogP contribution is -2.17. The number of hydrogen-bond acceptors (Lipinski definition) is 8. The first-order valence-corrected chi connectivity index (χ1v) is 14.4. The highest BCUT2D eigenvalue weighted by atomic mass is 35.5. The summed E-state index contributed by atoms with van der Waals surface area (Å²) in [5.41, 5.74) is 8.72. The van der Waals surface area contributed by atoms with E-state index < -0.39 is 0 Å². The fraction of sp³-hybridized carbons (Fsp3) is 0.0909. The van der Waals surface area contributed by atoms with Crippen molar-refractivity contribution in [2.24, 2.45) is 5.10 Å². The van der Waals surface area contributed by atoms with Gasteiger partial charge in [0.25, 0.3) is 5.91 Å². The lowest BCUT2D eigenvalue weighted by atomic mass is 10.1. The lowest BCUT2D eigenvalue weighted by Gasteiger charge is -2.14. The number of anilines is 2. The third-order valence-electron chi connectivity index (χ3n) is 6.39. The quantitative estimate of drug-likeness (QED) is 0.124. The third kappa shape index (κ3) is 7.38. The number of nitriles is 1. The van der Waals surface area contributed by atoms with Gasteiger partial charge in [-0.15, -0.1) is 11.3 Å². The lowest BCUT2D eigenvalue weighted by molar-refractivity contribution is 0.0955. The SMILES string of the molecule is COc1cc(/C=N\NC(=O)c2ccc(-c3csc(Nc4ccc(C)cc4)n3)cc2)cc(Cl)c1OCc1ccccc1C#N. The fourth-order valence-corrected chi connectivity index (χ4v) is 5.12. The molecule has 0 aliphatic rings. The van der Waals surface area contributed by atoms with Crippen molar-refractivity contribution < 1.29 is 14.3 Å². The van der Waals surface area contributed by atoms with Crippen molar-refractivity contribution in [3.8, 4) is 28.8 Å². The van der Waals surface area contributed by atoms with E-state index in [1.54, 1.807) is 36.4 Å². The Labute approximate surface area is 258 Å². The van der Waals surface area contributed by atoms with Crippen molar-refractivity contribution in [2.75, 3.05) is 12.4 Å². The number of ether oxygens (including phenoxy) is 2. The Morgan fingerprint density at radius 2 is 1.86 bits per heavy atom. The number of rotatable bonds is 10.